The minimum Gasteiger partial charge on any atom is -0.327 e. The number of carbonyl (C=O) groups excluding carboxylic acids is 1. The number of aryl methyl sites for hydroxylation is 2. The van der Waals surface area contributed by atoms with E-state index in [1.165, 1.54) is 12.8 Å². The van der Waals surface area contributed by atoms with Crippen molar-refractivity contribution >= 4 is 21.7 Å². The second kappa shape index (κ2) is 5.53. The molecule has 0 aliphatic heterocycles. The lowest BCUT2D eigenvalue weighted by molar-refractivity contribution is -0.118. The number of nitrogens with two attached hydrogens (primary N) is 1. The molecule has 0 radical (unpaired) electrons. The molecule has 1 heterocycles. The lowest BCUT2D eigenvalue weighted by Gasteiger charge is -2.10. The molecule has 1 aliphatic carbocycles. The number of Topliss-reactive ketones (excluding diaryl/α,β-unsaturated/α-hetero) is 1. The Balaban J connectivity index is 2.01. The summed E-state index contributed by atoms with van der Waals surface area (Å²) in [5, 5.41) is 4.39. The average Bonchev–Trinajstić information content (AvgIpc) is 3.12. The molecule has 2 rings (SSSR count). The minimum absolute atomic E-state index is 0.0513. The third kappa shape index (κ3) is 3.01. The Bertz CT molecular complexity index is 451. The van der Waals surface area contributed by atoms with E-state index < -0.39 is 0 Å². The van der Waals surface area contributed by atoms with Gasteiger partial charge in [-0.25, -0.2) is 0 Å². The zero-order valence-electron chi connectivity index (χ0n) is 10.9. The van der Waals surface area contributed by atoms with E-state index in [4.69, 9.17) is 5.73 Å². The Morgan fingerprint density at radius 2 is 2.28 bits per heavy atom. The van der Waals surface area contributed by atoms with Crippen LogP contribution in [0.25, 0.3) is 0 Å². The SMILES string of the molecule is CCn1nc(C)c(Br)c1CC(=O)CC(N)C1CC1. The molecule has 0 amide bonds. The number of aromatic nitrogens is 2. The molecule has 1 aliphatic rings. The van der Waals surface area contributed by atoms with Gasteiger partial charge in [-0.3, -0.25) is 9.48 Å². The van der Waals surface area contributed by atoms with Gasteiger partial charge in [0.05, 0.1) is 15.9 Å². The first-order valence-electron chi connectivity index (χ1n) is 6.52. The highest BCUT2D eigenvalue weighted by atomic mass is 79.9. The molecule has 1 aromatic rings. The summed E-state index contributed by atoms with van der Waals surface area (Å²) in [6.45, 7) is 4.76. The highest BCUT2D eigenvalue weighted by molar-refractivity contribution is 9.10. The van der Waals surface area contributed by atoms with Crippen LogP contribution in [-0.2, 0) is 17.8 Å². The smallest absolute Gasteiger partial charge is 0.140 e. The summed E-state index contributed by atoms with van der Waals surface area (Å²) in [6.07, 6.45) is 3.29. The van der Waals surface area contributed by atoms with Gasteiger partial charge in [-0.1, -0.05) is 0 Å². The van der Waals surface area contributed by atoms with Crippen molar-refractivity contribution < 1.29 is 4.79 Å². The normalized spacial score (nSPS) is 16.9. The average molecular weight is 314 g/mol. The molecule has 100 valence electrons. The van der Waals surface area contributed by atoms with Crippen LogP contribution in [0.1, 0.15) is 37.6 Å². The second-order valence-electron chi connectivity index (χ2n) is 5.08. The highest BCUT2D eigenvalue weighted by Gasteiger charge is 2.30. The van der Waals surface area contributed by atoms with E-state index in [0.29, 0.717) is 18.8 Å². The van der Waals surface area contributed by atoms with Crippen LogP contribution < -0.4 is 5.73 Å². The molecule has 0 bridgehead atoms. The predicted octanol–water partition coefficient (Wildman–Crippen LogP) is 2.21. The molecule has 1 fully saturated rings. The first kappa shape index (κ1) is 13.7. The van der Waals surface area contributed by atoms with Gasteiger partial charge in [0.2, 0.25) is 0 Å². The largest absolute Gasteiger partial charge is 0.327 e. The van der Waals surface area contributed by atoms with Crippen molar-refractivity contribution in [1.29, 1.82) is 0 Å². The van der Waals surface area contributed by atoms with Crippen LogP contribution in [-0.4, -0.2) is 21.6 Å². The van der Waals surface area contributed by atoms with Crippen LogP contribution in [0.4, 0.5) is 0 Å². The van der Waals surface area contributed by atoms with Crippen molar-refractivity contribution in [2.24, 2.45) is 11.7 Å². The van der Waals surface area contributed by atoms with E-state index >= 15 is 0 Å². The number of hydrogen-bond acceptors (Lipinski definition) is 3. The molecule has 0 spiro atoms. The fourth-order valence-corrected chi connectivity index (χ4v) is 2.67. The number of carbonyl (C=O) groups is 1. The van der Waals surface area contributed by atoms with Gasteiger partial charge in [0.25, 0.3) is 0 Å². The fraction of sp³-hybridized carbons (Fsp3) is 0.692. The van der Waals surface area contributed by atoms with Gasteiger partial charge in [-0.2, -0.15) is 5.10 Å². The van der Waals surface area contributed by atoms with Crippen LogP contribution in [0.3, 0.4) is 0 Å². The highest BCUT2D eigenvalue weighted by Crippen LogP contribution is 2.33. The van der Waals surface area contributed by atoms with Gasteiger partial charge in [0.15, 0.2) is 0 Å². The van der Waals surface area contributed by atoms with Crippen molar-refractivity contribution in [1.82, 2.24) is 9.78 Å². The van der Waals surface area contributed by atoms with Gasteiger partial charge < -0.3 is 5.73 Å². The quantitative estimate of drug-likeness (QED) is 0.876. The fourth-order valence-electron chi connectivity index (χ4n) is 2.25. The third-order valence-electron chi connectivity index (χ3n) is 3.51. The minimum atomic E-state index is 0.0513. The van der Waals surface area contributed by atoms with E-state index in [1.807, 2.05) is 18.5 Å². The summed E-state index contributed by atoms with van der Waals surface area (Å²) in [5.74, 6) is 0.792. The van der Waals surface area contributed by atoms with Crippen LogP contribution in [0.5, 0.6) is 0 Å². The summed E-state index contributed by atoms with van der Waals surface area (Å²) in [5.41, 5.74) is 7.90. The van der Waals surface area contributed by atoms with E-state index in [2.05, 4.69) is 21.0 Å². The maximum absolute atomic E-state index is 12.0. The Morgan fingerprint density at radius 1 is 1.61 bits per heavy atom. The van der Waals surface area contributed by atoms with Gasteiger partial charge in [-0.05, 0) is 48.5 Å². The zero-order valence-corrected chi connectivity index (χ0v) is 12.5. The molecule has 2 N–H and O–H groups in total. The number of ketones is 1. The van der Waals surface area contributed by atoms with Crippen LogP contribution in [0.2, 0.25) is 0 Å². The van der Waals surface area contributed by atoms with E-state index in [-0.39, 0.29) is 11.8 Å². The molecule has 1 saturated carbocycles. The van der Waals surface area contributed by atoms with Gasteiger partial charge in [0, 0.05) is 25.4 Å². The van der Waals surface area contributed by atoms with Crippen molar-refractivity contribution in [3.05, 3.63) is 15.9 Å². The molecule has 0 saturated heterocycles. The molecule has 0 aromatic carbocycles. The van der Waals surface area contributed by atoms with Gasteiger partial charge in [0.1, 0.15) is 5.78 Å². The van der Waals surface area contributed by atoms with Crippen LogP contribution in [0, 0.1) is 12.8 Å². The van der Waals surface area contributed by atoms with Gasteiger partial charge >= 0.3 is 0 Å². The number of halogens is 1. The Morgan fingerprint density at radius 3 is 2.83 bits per heavy atom. The maximum atomic E-state index is 12.0. The Hall–Kier alpha value is -0.680. The summed E-state index contributed by atoms with van der Waals surface area (Å²) in [4.78, 5) is 12.0. The standard InChI is InChI=1S/C13H20BrN3O/c1-3-17-12(13(14)8(2)16-17)7-10(18)6-11(15)9-4-5-9/h9,11H,3-7,15H2,1-2H3. The first-order valence-corrected chi connectivity index (χ1v) is 7.31. The number of nitrogens with zero attached hydrogens (tertiary/aromatic N) is 2. The topological polar surface area (TPSA) is 60.9 Å². The lowest BCUT2D eigenvalue weighted by Crippen LogP contribution is -2.27. The molecule has 18 heavy (non-hydrogen) atoms. The maximum Gasteiger partial charge on any atom is 0.140 e. The number of hydrogen-bond donors (Lipinski definition) is 1. The lowest BCUT2D eigenvalue weighted by atomic mass is 10.0. The molecular weight excluding hydrogens is 294 g/mol. The molecule has 1 aromatic heterocycles. The monoisotopic (exact) mass is 313 g/mol. The summed E-state index contributed by atoms with van der Waals surface area (Å²) in [7, 11) is 0. The Kier molecular flexibility index (Phi) is 4.22. The van der Waals surface area contributed by atoms with Crippen molar-refractivity contribution in [3.8, 4) is 0 Å². The van der Waals surface area contributed by atoms with E-state index in [1.54, 1.807) is 0 Å². The number of rotatable bonds is 6. The van der Waals surface area contributed by atoms with E-state index in [0.717, 1.165) is 22.4 Å². The third-order valence-corrected chi connectivity index (χ3v) is 4.54. The van der Waals surface area contributed by atoms with Crippen molar-refractivity contribution in [2.45, 2.75) is 52.1 Å². The van der Waals surface area contributed by atoms with E-state index in [9.17, 15) is 4.79 Å². The first-order chi connectivity index (χ1) is 8.52. The molecule has 5 heteroatoms. The summed E-state index contributed by atoms with van der Waals surface area (Å²) < 4.78 is 2.85. The Labute approximate surface area is 116 Å². The molecule has 4 nitrogen and oxygen atoms in total. The van der Waals surface area contributed by atoms with Crippen molar-refractivity contribution in [3.63, 3.8) is 0 Å². The molecular formula is C13H20BrN3O. The van der Waals surface area contributed by atoms with Crippen LogP contribution >= 0.6 is 15.9 Å². The zero-order chi connectivity index (χ0) is 13.3. The predicted molar refractivity (Wildman–Crippen MR) is 74.4 cm³/mol. The molecule has 1 unspecified atom stereocenters. The summed E-state index contributed by atoms with van der Waals surface area (Å²) in [6, 6.07) is 0.0513. The van der Waals surface area contributed by atoms with Crippen molar-refractivity contribution in [2.75, 3.05) is 0 Å². The second-order valence-corrected chi connectivity index (χ2v) is 5.88. The van der Waals surface area contributed by atoms with Crippen LogP contribution in [0.15, 0.2) is 4.47 Å². The van der Waals surface area contributed by atoms with Gasteiger partial charge in [-0.15, -0.1) is 0 Å². The summed E-state index contributed by atoms with van der Waals surface area (Å²) >= 11 is 3.51. The molecule has 1 atom stereocenters.